The van der Waals surface area contributed by atoms with Crippen LogP contribution in [0, 0.1) is 0 Å². The molecule has 2 unspecified atom stereocenters. The Labute approximate surface area is 115 Å². The lowest BCUT2D eigenvalue weighted by atomic mass is 9.86. The van der Waals surface area contributed by atoms with E-state index in [9.17, 15) is 9.90 Å². The number of aliphatic imine (C=N–C) groups is 1. The lowest BCUT2D eigenvalue weighted by Crippen LogP contribution is -2.45. The molecule has 0 radical (unpaired) electrons. The molecule has 1 aromatic heterocycles. The van der Waals surface area contributed by atoms with Crippen LogP contribution in [0.2, 0.25) is 0 Å². The van der Waals surface area contributed by atoms with Crippen molar-refractivity contribution in [3.05, 3.63) is 42.2 Å². The minimum atomic E-state index is -1.01. The van der Waals surface area contributed by atoms with Gasteiger partial charge in [0.15, 0.2) is 5.17 Å². The van der Waals surface area contributed by atoms with Crippen molar-refractivity contribution in [3.8, 4) is 0 Å². The van der Waals surface area contributed by atoms with Crippen LogP contribution in [0.25, 0.3) is 0 Å². The summed E-state index contributed by atoms with van der Waals surface area (Å²) in [5.74, 6) is -1.01. The quantitative estimate of drug-likeness (QED) is 0.825. The minimum absolute atomic E-state index is 0.0993. The highest BCUT2D eigenvalue weighted by molar-refractivity contribution is 8.14. The van der Waals surface area contributed by atoms with Crippen LogP contribution in [0.15, 0.2) is 41.7 Å². The predicted octanol–water partition coefficient (Wildman–Crippen LogP) is 1.84. The molecule has 2 rings (SSSR count). The number of pyridine rings is 1. The molecule has 2 atom stereocenters. The van der Waals surface area contributed by atoms with Crippen LogP contribution in [0.1, 0.15) is 17.7 Å². The molecule has 19 heavy (non-hydrogen) atoms. The fraction of sp³-hybridized carbons (Fsp3) is 0.308. The number of nitrogens with one attached hydrogen (secondary N) is 1. The van der Waals surface area contributed by atoms with E-state index in [-0.39, 0.29) is 10.8 Å². The molecule has 5 nitrogen and oxygen atoms in total. The molecule has 0 amide bonds. The van der Waals surface area contributed by atoms with E-state index < -0.39 is 11.5 Å². The number of carboxylic acid groups (broad SMARTS) is 1. The van der Waals surface area contributed by atoms with Gasteiger partial charge in [-0.05, 0) is 24.6 Å². The Bertz CT molecular complexity index is 544. The summed E-state index contributed by atoms with van der Waals surface area (Å²) in [7, 11) is 1.67. The van der Waals surface area contributed by atoms with E-state index in [2.05, 4.69) is 21.9 Å². The van der Waals surface area contributed by atoms with Gasteiger partial charge in [0.05, 0.1) is 16.4 Å². The van der Waals surface area contributed by atoms with E-state index in [1.165, 1.54) is 11.8 Å². The Morgan fingerprint density at radius 3 is 2.74 bits per heavy atom. The second kappa shape index (κ2) is 5.05. The average Bonchev–Trinajstić information content (AvgIpc) is 2.77. The molecule has 0 spiro atoms. The zero-order chi connectivity index (χ0) is 14.0. The maximum Gasteiger partial charge on any atom is 0.333 e. The third kappa shape index (κ3) is 2.35. The molecular formula is C13H15N3O2S. The first-order chi connectivity index (χ1) is 8.99. The van der Waals surface area contributed by atoms with E-state index in [4.69, 9.17) is 0 Å². The molecule has 0 bridgehead atoms. The van der Waals surface area contributed by atoms with Gasteiger partial charge in [-0.2, -0.15) is 0 Å². The first-order valence-electron chi connectivity index (χ1n) is 5.73. The summed E-state index contributed by atoms with van der Waals surface area (Å²) < 4.78 is 0. The van der Waals surface area contributed by atoms with Gasteiger partial charge >= 0.3 is 5.97 Å². The summed E-state index contributed by atoms with van der Waals surface area (Å²) in [4.78, 5) is 19.4. The highest BCUT2D eigenvalue weighted by atomic mass is 32.2. The van der Waals surface area contributed by atoms with Gasteiger partial charge in [0.25, 0.3) is 0 Å². The Kier molecular flexibility index (Phi) is 3.61. The van der Waals surface area contributed by atoms with Crippen LogP contribution in [-0.2, 0) is 4.79 Å². The van der Waals surface area contributed by atoms with Gasteiger partial charge in [0, 0.05) is 19.4 Å². The maximum absolute atomic E-state index is 11.3. The first kappa shape index (κ1) is 13.6. The first-order valence-corrected chi connectivity index (χ1v) is 6.61. The molecule has 2 N–H and O–H groups in total. The van der Waals surface area contributed by atoms with E-state index in [1.54, 1.807) is 19.4 Å². The molecular weight excluding hydrogens is 262 g/mol. The summed E-state index contributed by atoms with van der Waals surface area (Å²) >= 11 is 1.50. The number of hydrogen-bond donors (Lipinski definition) is 2. The van der Waals surface area contributed by atoms with Crippen LogP contribution in [-0.4, -0.2) is 33.8 Å². The largest absolute Gasteiger partial charge is 0.478 e. The topological polar surface area (TPSA) is 74.6 Å². The number of nitrogens with zero attached hydrogens (tertiary/aromatic N) is 2. The van der Waals surface area contributed by atoms with Crippen LogP contribution >= 0.6 is 11.8 Å². The number of hydrogen-bond acceptors (Lipinski definition) is 4. The molecule has 1 aliphatic rings. The van der Waals surface area contributed by atoms with Gasteiger partial charge in [-0.1, -0.05) is 18.3 Å². The van der Waals surface area contributed by atoms with Crippen molar-refractivity contribution in [3.63, 3.8) is 0 Å². The van der Waals surface area contributed by atoms with E-state index in [1.807, 2.05) is 19.1 Å². The van der Waals surface area contributed by atoms with Gasteiger partial charge in [0.1, 0.15) is 0 Å². The van der Waals surface area contributed by atoms with Crippen molar-refractivity contribution in [2.75, 3.05) is 7.05 Å². The molecule has 1 fully saturated rings. The lowest BCUT2D eigenvalue weighted by Gasteiger charge is -2.30. The Hall–Kier alpha value is -1.82. The monoisotopic (exact) mass is 277 g/mol. The molecule has 1 aliphatic heterocycles. The fourth-order valence-electron chi connectivity index (χ4n) is 2.05. The molecule has 1 saturated heterocycles. The average molecular weight is 277 g/mol. The van der Waals surface area contributed by atoms with E-state index >= 15 is 0 Å². The number of thioether (sulfide) groups is 1. The standard InChI is InChI=1S/C13H15N3O2S/c1-8(11(17)18)13(2)10(19-12(14-3)16-13)9-4-6-15-7-5-9/h4-7,10H,1H2,2-3H3,(H,14,16)(H,17,18). The zero-order valence-electron chi connectivity index (χ0n) is 10.8. The maximum atomic E-state index is 11.3. The Morgan fingerprint density at radius 1 is 1.58 bits per heavy atom. The Morgan fingerprint density at radius 2 is 2.21 bits per heavy atom. The molecule has 0 saturated carbocycles. The summed E-state index contributed by atoms with van der Waals surface area (Å²) in [6.45, 7) is 5.54. The van der Waals surface area contributed by atoms with Gasteiger partial charge in [0.2, 0.25) is 0 Å². The van der Waals surface area contributed by atoms with Crippen molar-refractivity contribution >= 4 is 22.9 Å². The van der Waals surface area contributed by atoms with Crippen molar-refractivity contribution in [2.24, 2.45) is 4.99 Å². The smallest absolute Gasteiger partial charge is 0.333 e. The highest BCUT2D eigenvalue weighted by Crippen LogP contribution is 2.47. The van der Waals surface area contributed by atoms with Crippen molar-refractivity contribution in [1.29, 1.82) is 0 Å². The Balaban J connectivity index is 2.45. The van der Waals surface area contributed by atoms with Gasteiger partial charge in [-0.3, -0.25) is 9.98 Å². The number of amidine groups is 1. The van der Waals surface area contributed by atoms with E-state index in [0.717, 1.165) is 5.56 Å². The van der Waals surface area contributed by atoms with E-state index in [0.29, 0.717) is 5.17 Å². The fourth-order valence-corrected chi connectivity index (χ4v) is 3.38. The number of rotatable bonds is 3. The molecule has 100 valence electrons. The van der Waals surface area contributed by atoms with Gasteiger partial charge in [-0.15, -0.1) is 0 Å². The summed E-state index contributed by atoms with van der Waals surface area (Å²) in [6, 6.07) is 3.76. The van der Waals surface area contributed by atoms with Crippen molar-refractivity contribution in [1.82, 2.24) is 10.3 Å². The van der Waals surface area contributed by atoms with Crippen molar-refractivity contribution < 1.29 is 9.90 Å². The second-order valence-corrected chi connectivity index (χ2v) is 5.51. The van der Waals surface area contributed by atoms with Crippen LogP contribution in [0.3, 0.4) is 0 Å². The molecule has 0 aliphatic carbocycles. The SMILES string of the molecule is C=C(C(=O)O)C1(C)NC(=NC)SC1c1ccncc1. The summed E-state index contributed by atoms with van der Waals surface area (Å²) in [5.41, 5.74) is 0.351. The number of carbonyl (C=O) groups is 1. The normalized spacial score (nSPS) is 28.1. The third-order valence-electron chi connectivity index (χ3n) is 3.22. The molecule has 6 heteroatoms. The van der Waals surface area contributed by atoms with Crippen LogP contribution in [0.4, 0.5) is 0 Å². The second-order valence-electron chi connectivity index (χ2n) is 4.42. The third-order valence-corrected chi connectivity index (χ3v) is 4.70. The van der Waals surface area contributed by atoms with Crippen LogP contribution < -0.4 is 5.32 Å². The summed E-state index contributed by atoms with van der Waals surface area (Å²) in [5, 5.41) is 13.0. The predicted molar refractivity (Wildman–Crippen MR) is 76.2 cm³/mol. The number of aliphatic carboxylic acids is 1. The highest BCUT2D eigenvalue weighted by Gasteiger charge is 2.47. The molecule has 0 aromatic carbocycles. The zero-order valence-corrected chi connectivity index (χ0v) is 11.6. The van der Waals surface area contributed by atoms with Gasteiger partial charge in [-0.25, -0.2) is 4.79 Å². The molecule has 1 aromatic rings. The lowest BCUT2D eigenvalue weighted by molar-refractivity contribution is -0.133. The number of aromatic nitrogens is 1. The minimum Gasteiger partial charge on any atom is -0.478 e. The van der Waals surface area contributed by atoms with Crippen LogP contribution in [0.5, 0.6) is 0 Å². The van der Waals surface area contributed by atoms with Gasteiger partial charge < -0.3 is 10.4 Å². The van der Waals surface area contributed by atoms with Crippen molar-refractivity contribution in [2.45, 2.75) is 17.7 Å². The molecule has 2 heterocycles. The summed E-state index contributed by atoms with van der Waals surface area (Å²) in [6.07, 6.45) is 3.39. The number of carboxylic acids is 1.